The maximum absolute atomic E-state index is 12.9. The van der Waals surface area contributed by atoms with E-state index in [0.29, 0.717) is 18.8 Å². The summed E-state index contributed by atoms with van der Waals surface area (Å²) in [5.41, 5.74) is 3.56. The van der Waals surface area contributed by atoms with Gasteiger partial charge in [-0.1, -0.05) is 72.8 Å². The van der Waals surface area contributed by atoms with Crippen molar-refractivity contribution in [2.45, 2.75) is 13.0 Å². The van der Waals surface area contributed by atoms with E-state index in [0.717, 1.165) is 23.8 Å². The summed E-state index contributed by atoms with van der Waals surface area (Å²) in [6, 6.07) is 26.9. The van der Waals surface area contributed by atoms with Crippen LogP contribution in [0, 0.1) is 0 Å². The molecule has 0 aliphatic heterocycles. The van der Waals surface area contributed by atoms with E-state index in [1.54, 1.807) is 36.4 Å². The van der Waals surface area contributed by atoms with Crippen LogP contribution in [-0.4, -0.2) is 32.0 Å². The summed E-state index contributed by atoms with van der Waals surface area (Å²) < 4.78 is 25.1. The highest BCUT2D eigenvalue weighted by atomic mass is 32.2. The molecule has 0 bridgehead atoms. The average Bonchev–Trinajstić information content (AvgIpc) is 2.76. The quantitative estimate of drug-likeness (QED) is 0.510. The number of rotatable bonds is 9. The second-order valence-electron chi connectivity index (χ2n) is 7.31. The van der Waals surface area contributed by atoms with Crippen molar-refractivity contribution in [3.63, 3.8) is 0 Å². The number of amides is 1. The van der Waals surface area contributed by atoms with Crippen molar-refractivity contribution in [2.24, 2.45) is 0 Å². The van der Waals surface area contributed by atoms with Crippen molar-refractivity contribution in [3.8, 4) is 0 Å². The third kappa shape index (κ3) is 7.75. The summed E-state index contributed by atoms with van der Waals surface area (Å²) in [6.45, 7) is 1.15. The molecule has 3 rings (SSSR count). The lowest BCUT2D eigenvalue weighted by atomic mass is 10.1. The predicted octanol–water partition coefficient (Wildman–Crippen LogP) is 4.34. The number of hydrogen-bond acceptors (Lipinski definition) is 3. The van der Waals surface area contributed by atoms with E-state index in [4.69, 9.17) is 0 Å². The second-order valence-corrected chi connectivity index (χ2v) is 9.06. The smallest absolute Gasteiger partial charge is 0.246 e. The van der Waals surface area contributed by atoms with Crippen molar-refractivity contribution < 1.29 is 13.2 Å². The second kappa shape index (κ2) is 10.6. The van der Waals surface area contributed by atoms with Gasteiger partial charge < -0.3 is 4.90 Å². The lowest BCUT2D eigenvalue weighted by molar-refractivity contribution is -0.126. The van der Waals surface area contributed by atoms with E-state index in [1.165, 1.54) is 5.56 Å². The van der Waals surface area contributed by atoms with Crippen LogP contribution in [0.2, 0.25) is 0 Å². The van der Waals surface area contributed by atoms with Crippen LogP contribution in [0.3, 0.4) is 0 Å². The average molecular weight is 435 g/mol. The molecule has 0 fully saturated rings. The Kier molecular flexibility index (Phi) is 7.62. The highest BCUT2D eigenvalue weighted by Crippen LogP contribution is 2.13. The van der Waals surface area contributed by atoms with Crippen molar-refractivity contribution in [1.29, 1.82) is 0 Å². The molecule has 1 N–H and O–H groups in total. The molecular weight excluding hydrogens is 408 g/mol. The zero-order valence-electron chi connectivity index (χ0n) is 17.4. The number of anilines is 1. The van der Waals surface area contributed by atoms with Crippen molar-refractivity contribution in [2.75, 3.05) is 17.5 Å². The minimum atomic E-state index is -3.31. The van der Waals surface area contributed by atoms with Gasteiger partial charge in [-0.25, -0.2) is 8.42 Å². The Morgan fingerprint density at radius 3 is 2.03 bits per heavy atom. The molecule has 0 spiro atoms. The third-order valence-electron chi connectivity index (χ3n) is 4.67. The Morgan fingerprint density at radius 2 is 1.45 bits per heavy atom. The number of sulfonamides is 1. The molecule has 3 aromatic rings. The molecule has 0 heterocycles. The van der Waals surface area contributed by atoms with Crippen LogP contribution in [0.4, 0.5) is 5.69 Å². The molecule has 0 aromatic heterocycles. The number of carbonyl (C=O) groups is 1. The number of benzene rings is 3. The molecule has 0 atom stereocenters. The molecule has 160 valence electrons. The van der Waals surface area contributed by atoms with Crippen LogP contribution in [-0.2, 0) is 27.8 Å². The summed E-state index contributed by atoms with van der Waals surface area (Å²) in [6.07, 6.45) is 5.19. The molecule has 6 heteroatoms. The van der Waals surface area contributed by atoms with E-state index >= 15 is 0 Å². The maximum Gasteiger partial charge on any atom is 0.246 e. The minimum Gasteiger partial charge on any atom is -0.335 e. The number of hydrogen-bond donors (Lipinski definition) is 1. The van der Waals surface area contributed by atoms with Crippen LogP contribution < -0.4 is 4.72 Å². The van der Waals surface area contributed by atoms with E-state index in [9.17, 15) is 13.2 Å². The fourth-order valence-electron chi connectivity index (χ4n) is 3.13. The first-order valence-electron chi connectivity index (χ1n) is 10.0. The van der Waals surface area contributed by atoms with Gasteiger partial charge in [0.05, 0.1) is 6.26 Å². The normalized spacial score (nSPS) is 11.4. The van der Waals surface area contributed by atoms with Gasteiger partial charge in [-0.05, 0) is 41.3 Å². The van der Waals surface area contributed by atoms with Crippen LogP contribution in [0.5, 0.6) is 0 Å². The van der Waals surface area contributed by atoms with Crippen LogP contribution in [0.25, 0.3) is 6.08 Å². The fraction of sp³-hybridized carbons (Fsp3) is 0.160. The van der Waals surface area contributed by atoms with Crippen LogP contribution in [0.1, 0.15) is 16.7 Å². The summed E-state index contributed by atoms with van der Waals surface area (Å²) in [7, 11) is -3.31. The predicted molar refractivity (Wildman–Crippen MR) is 126 cm³/mol. The standard InChI is InChI=1S/C25H26N2O3S/c1-31(29,30)26-24-15-12-22(13-16-24)14-17-25(28)27(20-23-10-6-3-7-11-23)19-18-21-8-4-2-5-9-21/h2-17,26H,18-20H2,1H3/b17-14+. The summed E-state index contributed by atoms with van der Waals surface area (Å²) in [5, 5.41) is 0. The van der Waals surface area contributed by atoms with Crippen molar-refractivity contribution in [1.82, 2.24) is 4.90 Å². The Bertz CT molecular complexity index is 1110. The van der Waals surface area contributed by atoms with Gasteiger partial charge >= 0.3 is 0 Å². The molecule has 0 aliphatic rings. The van der Waals surface area contributed by atoms with Gasteiger partial charge in [-0.2, -0.15) is 0 Å². The minimum absolute atomic E-state index is 0.0712. The van der Waals surface area contributed by atoms with Gasteiger partial charge in [0.2, 0.25) is 15.9 Å². The molecule has 5 nitrogen and oxygen atoms in total. The van der Waals surface area contributed by atoms with Gasteiger partial charge in [-0.15, -0.1) is 0 Å². The molecule has 1 amide bonds. The highest BCUT2D eigenvalue weighted by Gasteiger charge is 2.11. The zero-order chi connectivity index (χ0) is 22.1. The number of carbonyl (C=O) groups excluding carboxylic acids is 1. The lowest BCUT2D eigenvalue weighted by Gasteiger charge is -2.21. The van der Waals surface area contributed by atoms with Gasteiger partial charge in [0.1, 0.15) is 0 Å². The van der Waals surface area contributed by atoms with Gasteiger partial charge in [-0.3, -0.25) is 9.52 Å². The van der Waals surface area contributed by atoms with Gasteiger partial charge in [0, 0.05) is 24.9 Å². The highest BCUT2D eigenvalue weighted by molar-refractivity contribution is 7.92. The summed E-state index contributed by atoms with van der Waals surface area (Å²) in [4.78, 5) is 14.8. The van der Waals surface area contributed by atoms with Crippen molar-refractivity contribution in [3.05, 3.63) is 108 Å². The molecule has 0 aliphatic carbocycles. The van der Waals surface area contributed by atoms with Gasteiger partial charge in [0.15, 0.2) is 0 Å². The molecule has 0 saturated heterocycles. The maximum atomic E-state index is 12.9. The Morgan fingerprint density at radius 1 is 0.871 bits per heavy atom. The molecule has 0 saturated carbocycles. The molecule has 31 heavy (non-hydrogen) atoms. The fourth-order valence-corrected chi connectivity index (χ4v) is 3.69. The third-order valence-corrected chi connectivity index (χ3v) is 5.28. The lowest BCUT2D eigenvalue weighted by Crippen LogP contribution is -2.31. The number of nitrogens with one attached hydrogen (secondary N) is 1. The first kappa shape index (κ1) is 22.3. The zero-order valence-corrected chi connectivity index (χ0v) is 18.3. The molecule has 0 radical (unpaired) electrons. The summed E-state index contributed by atoms with van der Waals surface area (Å²) in [5.74, 6) is -0.0712. The van der Waals surface area contributed by atoms with E-state index in [2.05, 4.69) is 16.9 Å². The first-order valence-corrected chi connectivity index (χ1v) is 11.9. The number of nitrogens with zero attached hydrogens (tertiary/aromatic N) is 1. The molecule has 0 unspecified atom stereocenters. The Labute approximate surface area is 184 Å². The monoisotopic (exact) mass is 434 g/mol. The van der Waals surface area contributed by atoms with E-state index in [1.807, 2.05) is 53.4 Å². The van der Waals surface area contributed by atoms with Crippen LogP contribution in [0.15, 0.2) is 91.0 Å². The topological polar surface area (TPSA) is 66.5 Å². The molecule has 3 aromatic carbocycles. The van der Waals surface area contributed by atoms with Gasteiger partial charge in [0.25, 0.3) is 0 Å². The summed E-state index contributed by atoms with van der Waals surface area (Å²) >= 11 is 0. The first-order chi connectivity index (χ1) is 14.9. The van der Waals surface area contributed by atoms with E-state index < -0.39 is 10.0 Å². The van der Waals surface area contributed by atoms with Crippen molar-refractivity contribution >= 4 is 27.7 Å². The Balaban J connectivity index is 1.69. The van der Waals surface area contributed by atoms with Crippen LogP contribution >= 0.6 is 0 Å². The Hall–Kier alpha value is -3.38. The molecular formula is C25H26N2O3S. The van der Waals surface area contributed by atoms with E-state index in [-0.39, 0.29) is 5.91 Å². The largest absolute Gasteiger partial charge is 0.335 e. The SMILES string of the molecule is CS(=O)(=O)Nc1ccc(/C=C/C(=O)N(CCc2ccccc2)Cc2ccccc2)cc1.